The van der Waals surface area contributed by atoms with Gasteiger partial charge < -0.3 is 10.5 Å². The molecule has 2 nitrogen and oxygen atoms in total. The van der Waals surface area contributed by atoms with Crippen LogP contribution in [0.5, 0.6) is 11.5 Å². The van der Waals surface area contributed by atoms with E-state index in [1.165, 1.54) is 6.07 Å². The molecule has 0 aliphatic rings. The van der Waals surface area contributed by atoms with Crippen molar-refractivity contribution >= 4 is 5.69 Å². The molecule has 4 heteroatoms. The van der Waals surface area contributed by atoms with Gasteiger partial charge in [-0.25, -0.2) is 8.78 Å². The molecule has 2 aromatic carbocycles. The van der Waals surface area contributed by atoms with Gasteiger partial charge in [-0.15, -0.1) is 0 Å². The van der Waals surface area contributed by atoms with Gasteiger partial charge in [0.25, 0.3) is 0 Å². The summed E-state index contributed by atoms with van der Waals surface area (Å²) in [5, 5.41) is 0. The predicted molar refractivity (Wildman–Crippen MR) is 57.3 cm³/mol. The van der Waals surface area contributed by atoms with Crippen LogP contribution in [-0.2, 0) is 0 Å². The van der Waals surface area contributed by atoms with Gasteiger partial charge in [-0.2, -0.15) is 0 Å². The standard InChI is InChI=1S/C12H9F2NO/c13-11-6-5-10(7-12(11)14)16-9-3-1-8(15)2-4-9/h1-7H,15H2. The minimum Gasteiger partial charge on any atom is -0.457 e. The molecule has 0 amide bonds. The zero-order valence-electron chi connectivity index (χ0n) is 8.28. The summed E-state index contributed by atoms with van der Waals surface area (Å²) in [5.74, 6) is -1.08. The van der Waals surface area contributed by atoms with E-state index in [2.05, 4.69) is 0 Å². The van der Waals surface area contributed by atoms with Crippen molar-refractivity contribution in [3.8, 4) is 11.5 Å². The number of benzene rings is 2. The summed E-state index contributed by atoms with van der Waals surface area (Å²) in [4.78, 5) is 0. The Hall–Kier alpha value is -2.10. The van der Waals surface area contributed by atoms with Gasteiger partial charge in [-0.1, -0.05) is 0 Å². The minimum absolute atomic E-state index is 0.240. The van der Waals surface area contributed by atoms with E-state index in [4.69, 9.17) is 10.5 Å². The number of nitrogen functional groups attached to an aromatic ring is 1. The third-order valence-corrected chi connectivity index (χ3v) is 2.01. The average Bonchev–Trinajstić information content (AvgIpc) is 2.27. The molecule has 0 radical (unpaired) electrons. The Balaban J connectivity index is 2.20. The number of anilines is 1. The molecule has 0 fully saturated rings. The summed E-state index contributed by atoms with van der Waals surface area (Å²) >= 11 is 0. The van der Waals surface area contributed by atoms with Crippen molar-refractivity contribution in [2.45, 2.75) is 0 Å². The Morgan fingerprint density at radius 3 is 2.06 bits per heavy atom. The summed E-state index contributed by atoms with van der Waals surface area (Å²) in [6.07, 6.45) is 0. The normalized spacial score (nSPS) is 10.1. The Kier molecular flexibility index (Phi) is 2.72. The molecule has 0 unspecified atom stereocenters. The molecule has 0 aromatic heterocycles. The Morgan fingerprint density at radius 1 is 0.812 bits per heavy atom. The SMILES string of the molecule is Nc1ccc(Oc2ccc(F)c(F)c2)cc1. The lowest BCUT2D eigenvalue weighted by atomic mass is 10.3. The van der Waals surface area contributed by atoms with Crippen molar-refractivity contribution in [2.75, 3.05) is 5.73 Å². The van der Waals surface area contributed by atoms with E-state index in [9.17, 15) is 8.78 Å². The number of ether oxygens (including phenoxy) is 1. The van der Waals surface area contributed by atoms with E-state index in [0.29, 0.717) is 11.4 Å². The fraction of sp³-hybridized carbons (Fsp3) is 0. The second-order valence-electron chi connectivity index (χ2n) is 3.25. The zero-order chi connectivity index (χ0) is 11.5. The molecule has 0 aliphatic carbocycles. The van der Waals surface area contributed by atoms with Crippen LogP contribution in [0, 0.1) is 11.6 Å². The first kappa shape index (κ1) is 10.4. The third kappa shape index (κ3) is 2.28. The molecule has 0 saturated carbocycles. The maximum Gasteiger partial charge on any atom is 0.162 e. The number of rotatable bonds is 2. The summed E-state index contributed by atoms with van der Waals surface area (Å²) in [5.41, 5.74) is 6.11. The van der Waals surface area contributed by atoms with Crippen LogP contribution in [0.25, 0.3) is 0 Å². The van der Waals surface area contributed by atoms with E-state index < -0.39 is 11.6 Å². The maximum atomic E-state index is 12.9. The van der Waals surface area contributed by atoms with Crippen LogP contribution in [0.2, 0.25) is 0 Å². The molecule has 0 heterocycles. The van der Waals surface area contributed by atoms with Crippen molar-refractivity contribution < 1.29 is 13.5 Å². The van der Waals surface area contributed by atoms with Gasteiger partial charge in [0.2, 0.25) is 0 Å². The zero-order valence-corrected chi connectivity index (χ0v) is 8.28. The largest absolute Gasteiger partial charge is 0.457 e. The van der Waals surface area contributed by atoms with Gasteiger partial charge in [-0.05, 0) is 36.4 Å². The lowest BCUT2D eigenvalue weighted by Gasteiger charge is -2.05. The highest BCUT2D eigenvalue weighted by atomic mass is 19.2. The molecule has 0 saturated heterocycles. The van der Waals surface area contributed by atoms with Crippen molar-refractivity contribution in [3.63, 3.8) is 0 Å². The summed E-state index contributed by atoms with van der Waals surface area (Å²) in [6.45, 7) is 0. The van der Waals surface area contributed by atoms with Crippen LogP contribution >= 0.6 is 0 Å². The van der Waals surface area contributed by atoms with Gasteiger partial charge in [-0.3, -0.25) is 0 Å². The molecule has 82 valence electrons. The molecule has 0 atom stereocenters. The van der Waals surface area contributed by atoms with Gasteiger partial charge in [0, 0.05) is 11.8 Å². The molecule has 0 spiro atoms. The average molecular weight is 221 g/mol. The summed E-state index contributed by atoms with van der Waals surface area (Å²) in [7, 11) is 0. The number of hydrogen-bond donors (Lipinski definition) is 1. The number of hydrogen-bond acceptors (Lipinski definition) is 2. The van der Waals surface area contributed by atoms with Gasteiger partial charge in [0.05, 0.1) is 0 Å². The maximum absolute atomic E-state index is 12.9. The Labute approximate surface area is 91.3 Å². The first-order valence-electron chi connectivity index (χ1n) is 4.63. The topological polar surface area (TPSA) is 35.2 Å². The predicted octanol–water partition coefficient (Wildman–Crippen LogP) is 3.34. The van der Waals surface area contributed by atoms with E-state index in [-0.39, 0.29) is 5.75 Å². The summed E-state index contributed by atoms with van der Waals surface area (Å²) in [6, 6.07) is 9.99. The highest BCUT2D eigenvalue weighted by Gasteiger charge is 2.03. The number of halogens is 2. The molecular weight excluding hydrogens is 212 g/mol. The van der Waals surface area contributed by atoms with E-state index in [1.54, 1.807) is 24.3 Å². The fourth-order valence-corrected chi connectivity index (χ4v) is 1.21. The van der Waals surface area contributed by atoms with E-state index >= 15 is 0 Å². The molecule has 2 N–H and O–H groups in total. The van der Waals surface area contributed by atoms with Crippen LogP contribution in [0.1, 0.15) is 0 Å². The molecule has 0 aliphatic heterocycles. The van der Waals surface area contributed by atoms with Gasteiger partial charge in [0.1, 0.15) is 11.5 Å². The quantitative estimate of drug-likeness (QED) is 0.789. The smallest absolute Gasteiger partial charge is 0.162 e. The number of nitrogens with two attached hydrogens (primary N) is 1. The van der Waals surface area contributed by atoms with Crippen molar-refractivity contribution in [2.24, 2.45) is 0 Å². The molecular formula is C12H9F2NO. The van der Waals surface area contributed by atoms with Gasteiger partial charge >= 0.3 is 0 Å². The lowest BCUT2D eigenvalue weighted by Crippen LogP contribution is -1.89. The fourth-order valence-electron chi connectivity index (χ4n) is 1.21. The minimum atomic E-state index is -0.937. The van der Waals surface area contributed by atoms with Gasteiger partial charge in [0.15, 0.2) is 11.6 Å². The molecule has 0 bridgehead atoms. The van der Waals surface area contributed by atoms with Crippen molar-refractivity contribution in [3.05, 3.63) is 54.1 Å². The monoisotopic (exact) mass is 221 g/mol. The molecule has 2 aromatic rings. The van der Waals surface area contributed by atoms with Crippen molar-refractivity contribution in [1.29, 1.82) is 0 Å². The van der Waals surface area contributed by atoms with Crippen LogP contribution in [0.3, 0.4) is 0 Å². The van der Waals surface area contributed by atoms with E-state index in [1.807, 2.05) is 0 Å². The molecule has 16 heavy (non-hydrogen) atoms. The highest BCUT2D eigenvalue weighted by molar-refractivity contribution is 5.43. The highest BCUT2D eigenvalue weighted by Crippen LogP contribution is 2.23. The first-order chi connectivity index (χ1) is 7.65. The second kappa shape index (κ2) is 4.18. The van der Waals surface area contributed by atoms with Crippen LogP contribution in [-0.4, -0.2) is 0 Å². The lowest BCUT2D eigenvalue weighted by molar-refractivity contribution is 0.461. The van der Waals surface area contributed by atoms with Crippen LogP contribution in [0.4, 0.5) is 14.5 Å². The third-order valence-electron chi connectivity index (χ3n) is 2.01. The second-order valence-corrected chi connectivity index (χ2v) is 3.25. The van der Waals surface area contributed by atoms with Crippen molar-refractivity contribution in [1.82, 2.24) is 0 Å². The van der Waals surface area contributed by atoms with Crippen LogP contribution in [0.15, 0.2) is 42.5 Å². The Bertz CT molecular complexity index is 497. The van der Waals surface area contributed by atoms with Crippen LogP contribution < -0.4 is 10.5 Å². The first-order valence-corrected chi connectivity index (χ1v) is 4.63. The summed E-state index contributed by atoms with van der Waals surface area (Å²) < 4.78 is 30.8. The Morgan fingerprint density at radius 2 is 1.44 bits per heavy atom. The van der Waals surface area contributed by atoms with E-state index in [0.717, 1.165) is 12.1 Å². The molecule has 2 rings (SSSR count).